The first kappa shape index (κ1) is 19.2. The Bertz CT molecular complexity index is 1140. The number of carbonyl (C=O) groups is 1. The van der Waals surface area contributed by atoms with Gasteiger partial charge in [-0.3, -0.25) is 9.78 Å². The number of anilines is 1. The molecule has 2 amide bonds. The van der Waals surface area contributed by atoms with Crippen LogP contribution in [0.2, 0.25) is 0 Å². The summed E-state index contributed by atoms with van der Waals surface area (Å²) in [6.45, 7) is 3.88. The summed E-state index contributed by atoms with van der Waals surface area (Å²) in [4.78, 5) is 29.7. The molecule has 0 bridgehead atoms. The van der Waals surface area contributed by atoms with Gasteiger partial charge in [-0.15, -0.1) is 0 Å². The number of nitrogens with zero attached hydrogens (tertiary/aromatic N) is 2. The molecule has 6 nitrogen and oxygen atoms in total. The molecule has 1 aliphatic rings. The maximum Gasteiger partial charge on any atom is 0.319 e. The number of pyridine rings is 2. The molecule has 2 heterocycles. The first-order chi connectivity index (χ1) is 13.9. The van der Waals surface area contributed by atoms with Crippen molar-refractivity contribution in [2.75, 3.05) is 5.32 Å². The van der Waals surface area contributed by atoms with Crippen molar-refractivity contribution in [2.24, 2.45) is 7.05 Å². The fraction of sp³-hybridized carbons (Fsp3) is 0.348. The number of amides is 2. The van der Waals surface area contributed by atoms with Gasteiger partial charge in [-0.25, -0.2) is 4.79 Å². The van der Waals surface area contributed by atoms with Crippen LogP contribution in [0.25, 0.3) is 22.0 Å². The van der Waals surface area contributed by atoms with Crippen molar-refractivity contribution in [1.82, 2.24) is 14.9 Å². The molecule has 1 aliphatic carbocycles. The van der Waals surface area contributed by atoms with Crippen molar-refractivity contribution in [1.29, 1.82) is 0 Å². The molecule has 0 radical (unpaired) electrons. The van der Waals surface area contributed by atoms with E-state index in [4.69, 9.17) is 0 Å². The first-order valence-corrected chi connectivity index (χ1v) is 10.1. The lowest BCUT2D eigenvalue weighted by Gasteiger charge is -2.15. The summed E-state index contributed by atoms with van der Waals surface area (Å²) in [5, 5.41) is 6.85. The van der Waals surface area contributed by atoms with Gasteiger partial charge in [0, 0.05) is 41.6 Å². The van der Waals surface area contributed by atoms with E-state index in [-0.39, 0.29) is 17.6 Å². The number of hydrogen-bond donors (Lipinski definition) is 2. The van der Waals surface area contributed by atoms with Gasteiger partial charge in [0.15, 0.2) is 0 Å². The highest BCUT2D eigenvalue weighted by Crippen LogP contribution is 2.27. The molecule has 6 heteroatoms. The van der Waals surface area contributed by atoms with Gasteiger partial charge < -0.3 is 15.2 Å². The van der Waals surface area contributed by atoms with Crippen LogP contribution in [0.15, 0.2) is 41.3 Å². The van der Waals surface area contributed by atoms with Gasteiger partial charge in [-0.1, -0.05) is 18.9 Å². The number of carbonyl (C=O) groups excluding carboxylic acids is 1. The van der Waals surface area contributed by atoms with Crippen LogP contribution in [-0.4, -0.2) is 21.6 Å². The number of nitrogens with one attached hydrogen (secondary N) is 2. The van der Waals surface area contributed by atoms with Gasteiger partial charge in [-0.05, 0) is 62.1 Å². The minimum Gasteiger partial charge on any atom is -0.335 e. The number of aromatic nitrogens is 2. The van der Waals surface area contributed by atoms with Gasteiger partial charge in [0.25, 0.3) is 5.56 Å². The fourth-order valence-corrected chi connectivity index (χ4v) is 4.07. The van der Waals surface area contributed by atoms with E-state index in [9.17, 15) is 9.59 Å². The van der Waals surface area contributed by atoms with Crippen LogP contribution in [0.4, 0.5) is 10.5 Å². The average Bonchev–Trinajstić information content (AvgIpc) is 3.19. The molecule has 3 aromatic rings. The Hall–Kier alpha value is -3.15. The number of rotatable bonds is 3. The van der Waals surface area contributed by atoms with E-state index in [0.717, 1.165) is 40.6 Å². The Morgan fingerprint density at radius 3 is 2.62 bits per heavy atom. The summed E-state index contributed by atoms with van der Waals surface area (Å²) in [5.41, 5.74) is 4.71. The Labute approximate surface area is 170 Å². The molecule has 1 fully saturated rings. The molecule has 29 heavy (non-hydrogen) atoms. The topological polar surface area (TPSA) is 76.0 Å². The van der Waals surface area contributed by atoms with E-state index >= 15 is 0 Å². The van der Waals surface area contributed by atoms with E-state index in [1.54, 1.807) is 17.8 Å². The SMILES string of the molecule is Cc1cc2c(cn1)cc(-c1cc(NC(=O)NC3CCCC3)ccc1C)c(=O)n2C. The maximum absolute atomic E-state index is 13.1. The molecule has 1 saturated carbocycles. The zero-order chi connectivity index (χ0) is 20.5. The van der Waals surface area contributed by atoms with E-state index in [2.05, 4.69) is 15.6 Å². The number of benzene rings is 1. The summed E-state index contributed by atoms with van der Waals surface area (Å²) in [6, 6.07) is 9.52. The third-order valence-electron chi connectivity index (χ3n) is 5.72. The second-order valence-electron chi connectivity index (χ2n) is 7.92. The van der Waals surface area contributed by atoms with E-state index < -0.39 is 0 Å². The molecular formula is C23H26N4O2. The summed E-state index contributed by atoms with van der Waals surface area (Å²) in [7, 11) is 1.78. The highest BCUT2D eigenvalue weighted by molar-refractivity contribution is 5.91. The lowest BCUT2D eigenvalue weighted by Crippen LogP contribution is -2.36. The number of fused-ring (bicyclic) bond motifs is 1. The molecule has 2 N–H and O–H groups in total. The molecule has 0 spiro atoms. The van der Waals surface area contributed by atoms with Crippen molar-refractivity contribution in [3.8, 4) is 11.1 Å². The molecule has 2 aromatic heterocycles. The first-order valence-electron chi connectivity index (χ1n) is 10.1. The summed E-state index contributed by atoms with van der Waals surface area (Å²) < 4.78 is 1.66. The zero-order valence-electron chi connectivity index (χ0n) is 17.1. The molecule has 0 saturated heterocycles. The van der Waals surface area contributed by atoms with Crippen LogP contribution in [0, 0.1) is 13.8 Å². The predicted molar refractivity (Wildman–Crippen MR) is 116 cm³/mol. The third kappa shape index (κ3) is 3.88. The molecule has 0 atom stereocenters. The Morgan fingerprint density at radius 2 is 1.86 bits per heavy atom. The highest BCUT2D eigenvalue weighted by atomic mass is 16.2. The van der Waals surface area contributed by atoms with Crippen molar-refractivity contribution in [3.63, 3.8) is 0 Å². The molecule has 0 aliphatic heterocycles. The largest absolute Gasteiger partial charge is 0.335 e. The van der Waals surface area contributed by atoms with Crippen LogP contribution in [0.3, 0.4) is 0 Å². The summed E-state index contributed by atoms with van der Waals surface area (Å²) in [6.07, 6.45) is 6.19. The minimum atomic E-state index is -0.196. The quantitative estimate of drug-likeness (QED) is 0.701. The lowest BCUT2D eigenvalue weighted by atomic mass is 9.99. The Kier molecular flexibility index (Phi) is 5.09. The van der Waals surface area contributed by atoms with Crippen LogP contribution >= 0.6 is 0 Å². The van der Waals surface area contributed by atoms with E-state index in [1.165, 1.54) is 12.8 Å². The summed E-state index contributed by atoms with van der Waals surface area (Å²) >= 11 is 0. The Morgan fingerprint density at radius 1 is 1.10 bits per heavy atom. The average molecular weight is 390 g/mol. The monoisotopic (exact) mass is 390 g/mol. The minimum absolute atomic E-state index is 0.0706. The highest BCUT2D eigenvalue weighted by Gasteiger charge is 2.18. The van der Waals surface area contributed by atoms with Crippen molar-refractivity contribution < 1.29 is 4.79 Å². The van der Waals surface area contributed by atoms with Gasteiger partial charge >= 0.3 is 6.03 Å². The van der Waals surface area contributed by atoms with Gasteiger partial charge in [0.05, 0.1) is 5.52 Å². The molecule has 150 valence electrons. The number of hydrogen-bond acceptors (Lipinski definition) is 3. The van der Waals surface area contributed by atoms with Gasteiger partial charge in [-0.2, -0.15) is 0 Å². The van der Waals surface area contributed by atoms with E-state index in [1.807, 2.05) is 44.2 Å². The van der Waals surface area contributed by atoms with Gasteiger partial charge in [0.1, 0.15) is 0 Å². The second-order valence-corrected chi connectivity index (χ2v) is 7.92. The lowest BCUT2D eigenvalue weighted by molar-refractivity contribution is 0.248. The van der Waals surface area contributed by atoms with Crippen LogP contribution in [-0.2, 0) is 7.05 Å². The van der Waals surface area contributed by atoms with Crippen LogP contribution < -0.4 is 16.2 Å². The fourth-order valence-electron chi connectivity index (χ4n) is 4.07. The molecule has 1 aromatic carbocycles. The van der Waals surface area contributed by atoms with Crippen molar-refractivity contribution in [3.05, 3.63) is 58.1 Å². The summed E-state index contributed by atoms with van der Waals surface area (Å²) in [5.74, 6) is 0. The third-order valence-corrected chi connectivity index (χ3v) is 5.72. The zero-order valence-corrected chi connectivity index (χ0v) is 17.1. The standard InChI is InChI=1S/C23H26N4O2/c1-14-8-9-18(26-23(29)25-17-6-4-5-7-17)12-19(14)20-11-16-13-24-15(2)10-21(16)27(3)22(20)28/h8-13,17H,4-7H2,1-3H3,(H2,25,26,29). The van der Waals surface area contributed by atoms with E-state index in [0.29, 0.717) is 11.3 Å². The molecule has 4 rings (SSSR count). The normalized spacial score (nSPS) is 14.3. The smallest absolute Gasteiger partial charge is 0.319 e. The number of aryl methyl sites for hydroxylation is 3. The molecule has 0 unspecified atom stereocenters. The van der Waals surface area contributed by atoms with Crippen LogP contribution in [0.5, 0.6) is 0 Å². The molecular weight excluding hydrogens is 364 g/mol. The van der Waals surface area contributed by atoms with Crippen LogP contribution in [0.1, 0.15) is 36.9 Å². The number of urea groups is 1. The predicted octanol–water partition coefficient (Wildman–Crippen LogP) is 4.28. The second kappa shape index (κ2) is 7.70. The van der Waals surface area contributed by atoms with Crippen molar-refractivity contribution >= 4 is 22.6 Å². The van der Waals surface area contributed by atoms with Gasteiger partial charge in [0.2, 0.25) is 0 Å². The maximum atomic E-state index is 13.1. The van der Waals surface area contributed by atoms with Crippen molar-refractivity contribution in [2.45, 2.75) is 45.6 Å². The Balaban J connectivity index is 1.69.